The SMILES string of the molecule is CCOC(=O)/C=C/c1cn(/C=C/C(=O)OCC)cn1. The summed E-state index contributed by atoms with van der Waals surface area (Å²) in [5.41, 5.74) is 0.585. The smallest absolute Gasteiger partial charge is 0.332 e. The molecule has 0 bridgehead atoms. The van der Waals surface area contributed by atoms with Gasteiger partial charge in [0.25, 0.3) is 0 Å². The largest absolute Gasteiger partial charge is 0.463 e. The number of ether oxygens (including phenoxy) is 2. The number of hydrogen-bond donors (Lipinski definition) is 0. The zero-order valence-corrected chi connectivity index (χ0v) is 10.9. The van der Waals surface area contributed by atoms with E-state index in [1.165, 1.54) is 30.8 Å². The number of aromatic nitrogens is 2. The fourth-order valence-electron chi connectivity index (χ4n) is 1.20. The molecule has 0 amide bonds. The van der Waals surface area contributed by atoms with Crippen LogP contribution in [0.1, 0.15) is 19.5 Å². The van der Waals surface area contributed by atoms with Crippen molar-refractivity contribution in [1.29, 1.82) is 0 Å². The second kappa shape index (κ2) is 7.86. The lowest BCUT2D eigenvalue weighted by molar-refractivity contribution is -0.138. The maximum atomic E-state index is 11.1. The van der Waals surface area contributed by atoms with Crippen molar-refractivity contribution in [2.24, 2.45) is 0 Å². The lowest BCUT2D eigenvalue weighted by Gasteiger charge is -1.94. The van der Waals surface area contributed by atoms with Crippen LogP contribution in [0.4, 0.5) is 0 Å². The highest BCUT2D eigenvalue weighted by Gasteiger charge is 1.97. The fraction of sp³-hybridized carbons (Fsp3) is 0.308. The van der Waals surface area contributed by atoms with Gasteiger partial charge in [-0.1, -0.05) is 0 Å². The van der Waals surface area contributed by atoms with Crippen molar-refractivity contribution in [3.63, 3.8) is 0 Å². The summed E-state index contributed by atoms with van der Waals surface area (Å²) in [6, 6.07) is 0. The summed E-state index contributed by atoms with van der Waals surface area (Å²) in [6.45, 7) is 4.14. The normalized spacial score (nSPS) is 11.1. The molecule has 6 heteroatoms. The first kappa shape index (κ1) is 14.7. The minimum absolute atomic E-state index is 0.333. The van der Waals surface area contributed by atoms with Crippen molar-refractivity contribution in [1.82, 2.24) is 9.55 Å². The minimum atomic E-state index is -0.417. The molecule has 0 aliphatic carbocycles. The first-order valence-corrected chi connectivity index (χ1v) is 5.89. The van der Waals surface area contributed by atoms with Crippen LogP contribution in [0.5, 0.6) is 0 Å². The molecule has 0 unspecified atom stereocenters. The summed E-state index contributed by atoms with van der Waals surface area (Å²) in [4.78, 5) is 26.2. The first-order valence-electron chi connectivity index (χ1n) is 5.89. The van der Waals surface area contributed by atoms with Gasteiger partial charge in [0.2, 0.25) is 0 Å². The Balaban J connectivity index is 2.57. The van der Waals surface area contributed by atoms with Crippen molar-refractivity contribution >= 4 is 24.2 Å². The molecule has 6 nitrogen and oxygen atoms in total. The zero-order chi connectivity index (χ0) is 14.1. The Morgan fingerprint density at radius 3 is 2.47 bits per heavy atom. The molecule has 1 aromatic heterocycles. The van der Waals surface area contributed by atoms with Crippen molar-refractivity contribution in [3.8, 4) is 0 Å². The van der Waals surface area contributed by atoms with Gasteiger partial charge in [-0.25, -0.2) is 14.6 Å². The highest BCUT2D eigenvalue weighted by Crippen LogP contribution is 2.00. The Kier molecular flexibility index (Phi) is 6.08. The van der Waals surface area contributed by atoms with Gasteiger partial charge in [0.05, 0.1) is 25.2 Å². The molecule has 0 atom stereocenters. The summed E-state index contributed by atoms with van der Waals surface area (Å²) in [7, 11) is 0. The predicted molar refractivity (Wildman–Crippen MR) is 69.9 cm³/mol. The Bertz CT molecular complexity index is 446. The highest BCUT2D eigenvalue weighted by atomic mass is 16.5. The summed E-state index contributed by atoms with van der Waals surface area (Å²) in [5, 5.41) is 0. The number of imidazole rings is 1. The Labute approximate surface area is 111 Å². The Morgan fingerprint density at radius 2 is 1.84 bits per heavy atom. The molecule has 1 rings (SSSR count). The van der Waals surface area contributed by atoms with E-state index in [0.717, 1.165) is 0 Å². The van der Waals surface area contributed by atoms with E-state index in [4.69, 9.17) is 9.47 Å². The molecule has 102 valence electrons. The highest BCUT2D eigenvalue weighted by molar-refractivity contribution is 5.87. The number of esters is 2. The molecule has 1 aromatic rings. The molecule has 19 heavy (non-hydrogen) atoms. The number of hydrogen-bond acceptors (Lipinski definition) is 5. The molecule has 0 radical (unpaired) electrons. The number of carbonyl (C=O) groups excluding carboxylic acids is 2. The summed E-state index contributed by atoms with van der Waals surface area (Å²) >= 11 is 0. The third kappa shape index (κ3) is 5.67. The molecule has 0 aromatic carbocycles. The van der Waals surface area contributed by atoms with Crippen LogP contribution < -0.4 is 0 Å². The van der Waals surface area contributed by atoms with Crippen LogP contribution in [-0.2, 0) is 19.1 Å². The average molecular weight is 264 g/mol. The van der Waals surface area contributed by atoms with Gasteiger partial charge in [0.1, 0.15) is 0 Å². The van der Waals surface area contributed by atoms with Crippen LogP contribution in [0, 0.1) is 0 Å². The molecular formula is C13H16N2O4. The molecule has 0 aliphatic heterocycles. The summed E-state index contributed by atoms with van der Waals surface area (Å²) < 4.78 is 11.1. The number of rotatable bonds is 6. The summed E-state index contributed by atoms with van der Waals surface area (Å²) in [6.07, 6.45) is 8.82. The minimum Gasteiger partial charge on any atom is -0.463 e. The van der Waals surface area contributed by atoms with Gasteiger partial charge in [0, 0.05) is 24.5 Å². The fourth-order valence-corrected chi connectivity index (χ4v) is 1.20. The molecule has 1 heterocycles. The van der Waals surface area contributed by atoms with Crippen molar-refractivity contribution in [2.45, 2.75) is 13.8 Å². The van der Waals surface area contributed by atoms with E-state index in [-0.39, 0.29) is 0 Å². The second-order valence-corrected chi connectivity index (χ2v) is 3.40. The third-order valence-corrected chi connectivity index (χ3v) is 1.97. The lowest BCUT2D eigenvalue weighted by Crippen LogP contribution is -1.99. The average Bonchev–Trinajstić information content (AvgIpc) is 2.83. The van der Waals surface area contributed by atoms with Crippen molar-refractivity contribution in [2.75, 3.05) is 13.2 Å². The molecule has 0 N–H and O–H groups in total. The van der Waals surface area contributed by atoms with E-state index < -0.39 is 11.9 Å². The van der Waals surface area contributed by atoms with E-state index in [1.54, 1.807) is 24.6 Å². The van der Waals surface area contributed by atoms with Gasteiger partial charge in [-0.15, -0.1) is 0 Å². The molecule has 0 saturated heterocycles. The number of carbonyl (C=O) groups is 2. The molecule has 0 aliphatic rings. The maximum Gasteiger partial charge on any atom is 0.332 e. The standard InChI is InChI=1S/C13H16N2O4/c1-3-18-12(16)6-5-11-9-15(10-14-11)8-7-13(17)19-4-2/h5-10H,3-4H2,1-2H3/b6-5+,8-7+. The Morgan fingerprint density at radius 1 is 1.21 bits per heavy atom. The van der Waals surface area contributed by atoms with Gasteiger partial charge in [-0.05, 0) is 19.9 Å². The third-order valence-electron chi connectivity index (χ3n) is 1.97. The van der Waals surface area contributed by atoms with E-state index in [0.29, 0.717) is 18.9 Å². The molecule has 0 spiro atoms. The van der Waals surface area contributed by atoms with E-state index in [9.17, 15) is 9.59 Å². The van der Waals surface area contributed by atoms with Crippen LogP contribution in [0.3, 0.4) is 0 Å². The number of nitrogens with zero attached hydrogens (tertiary/aromatic N) is 2. The van der Waals surface area contributed by atoms with E-state index in [2.05, 4.69) is 4.98 Å². The van der Waals surface area contributed by atoms with Crippen LogP contribution in [0.25, 0.3) is 12.3 Å². The first-order chi connectivity index (χ1) is 9.15. The second-order valence-electron chi connectivity index (χ2n) is 3.40. The lowest BCUT2D eigenvalue weighted by atomic mass is 10.4. The molecule has 0 fully saturated rings. The zero-order valence-electron chi connectivity index (χ0n) is 10.9. The van der Waals surface area contributed by atoms with Gasteiger partial charge in [0.15, 0.2) is 0 Å². The summed E-state index contributed by atoms with van der Waals surface area (Å²) in [5.74, 6) is -0.834. The predicted octanol–water partition coefficient (Wildman–Crippen LogP) is 1.49. The maximum absolute atomic E-state index is 11.1. The monoisotopic (exact) mass is 264 g/mol. The van der Waals surface area contributed by atoms with Crippen LogP contribution in [-0.4, -0.2) is 34.7 Å². The molecular weight excluding hydrogens is 248 g/mol. The van der Waals surface area contributed by atoms with Gasteiger partial charge in [-0.2, -0.15) is 0 Å². The topological polar surface area (TPSA) is 70.4 Å². The van der Waals surface area contributed by atoms with Crippen LogP contribution >= 0.6 is 0 Å². The van der Waals surface area contributed by atoms with Crippen LogP contribution in [0.15, 0.2) is 24.7 Å². The van der Waals surface area contributed by atoms with Gasteiger partial charge < -0.3 is 14.0 Å². The van der Waals surface area contributed by atoms with E-state index >= 15 is 0 Å². The van der Waals surface area contributed by atoms with Gasteiger partial charge in [-0.3, -0.25) is 0 Å². The quantitative estimate of drug-likeness (QED) is 0.575. The Hall–Kier alpha value is -2.37. The van der Waals surface area contributed by atoms with E-state index in [1.807, 2.05) is 0 Å². The molecule has 0 saturated carbocycles. The van der Waals surface area contributed by atoms with Gasteiger partial charge >= 0.3 is 11.9 Å². The van der Waals surface area contributed by atoms with Crippen molar-refractivity contribution in [3.05, 3.63) is 30.4 Å². The van der Waals surface area contributed by atoms with Crippen LogP contribution in [0.2, 0.25) is 0 Å². The van der Waals surface area contributed by atoms with Crippen molar-refractivity contribution < 1.29 is 19.1 Å².